The molecule has 1 atom stereocenters. The van der Waals surface area contributed by atoms with Crippen LogP contribution in [0.15, 0.2) is 48.5 Å². The summed E-state index contributed by atoms with van der Waals surface area (Å²) >= 11 is 5.42. The van der Waals surface area contributed by atoms with E-state index in [4.69, 9.17) is 17.0 Å². The molecule has 8 heteroatoms. The SMILES string of the molecule is CCOc1ccc(C2(C)NC(=S)N(c3ccc([N+](=O)[O-])cc3)N2)cc1. The van der Waals surface area contributed by atoms with Gasteiger partial charge < -0.3 is 10.1 Å². The van der Waals surface area contributed by atoms with Crippen molar-refractivity contribution in [3.05, 3.63) is 64.2 Å². The van der Waals surface area contributed by atoms with Gasteiger partial charge in [0.15, 0.2) is 5.11 Å². The lowest BCUT2D eigenvalue weighted by molar-refractivity contribution is -0.384. The van der Waals surface area contributed by atoms with E-state index in [-0.39, 0.29) is 5.69 Å². The number of nitrogens with one attached hydrogen (secondary N) is 2. The van der Waals surface area contributed by atoms with E-state index < -0.39 is 10.6 Å². The van der Waals surface area contributed by atoms with Gasteiger partial charge in [0.2, 0.25) is 0 Å². The van der Waals surface area contributed by atoms with Crippen LogP contribution in [0.3, 0.4) is 0 Å². The van der Waals surface area contributed by atoms with Gasteiger partial charge in [-0.1, -0.05) is 12.1 Å². The van der Waals surface area contributed by atoms with Crippen LogP contribution in [0, 0.1) is 10.1 Å². The molecule has 1 unspecified atom stereocenters. The van der Waals surface area contributed by atoms with Crippen molar-refractivity contribution in [2.24, 2.45) is 0 Å². The maximum atomic E-state index is 10.8. The van der Waals surface area contributed by atoms with Gasteiger partial charge in [0.05, 0.1) is 17.2 Å². The molecule has 0 saturated carbocycles. The first-order valence-electron chi connectivity index (χ1n) is 7.81. The number of nitro benzene ring substituents is 1. The fourth-order valence-electron chi connectivity index (χ4n) is 2.67. The molecule has 2 aromatic carbocycles. The number of anilines is 1. The van der Waals surface area contributed by atoms with Crippen molar-refractivity contribution in [3.63, 3.8) is 0 Å². The topological polar surface area (TPSA) is 79.7 Å². The Morgan fingerprint density at radius 3 is 2.40 bits per heavy atom. The summed E-state index contributed by atoms with van der Waals surface area (Å²) in [6, 6.07) is 14.0. The molecule has 0 aromatic heterocycles. The van der Waals surface area contributed by atoms with E-state index in [1.165, 1.54) is 12.1 Å². The molecule has 2 N–H and O–H groups in total. The lowest BCUT2D eigenvalue weighted by atomic mass is 10.0. The monoisotopic (exact) mass is 358 g/mol. The highest BCUT2D eigenvalue weighted by Gasteiger charge is 2.38. The minimum Gasteiger partial charge on any atom is -0.494 e. The molecule has 0 amide bonds. The fraction of sp³-hybridized carbons (Fsp3) is 0.235. The highest BCUT2D eigenvalue weighted by molar-refractivity contribution is 7.80. The van der Waals surface area contributed by atoms with Crippen molar-refractivity contribution in [3.8, 4) is 5.75 Å². The van der Waals surface area contributed by atoms with Crippen molar-refractivity contribution >= 4 is 28.7 Å². The smallest absolute Gasteiger partial charge is 0.269 e. The average Bonchev–Trinajstić information content (AvgIpc) is 2.92. The molecular formula is C17H18N4O3S. The molecule has 0 spiro atoms. The van der Waals surface area contributed by atoms with Crippen LogP contribution < -0.4 is 20.5 Å². The van der Waals surface area contributed by atoms with E-state index in [0.717, 1.165) is 17.0 Å². The van der Waals surface area contributed by atoms with Gasteiger partial charge in [-0.3, -0.25) is 10.1 Å². The van der Waals surface area contributed by atoms with E-state index >= 15 is 0 Å². The van der Waals surface area contributed by atoms with Gasteiger partial charge in [0, 0.05) is 12.1 Å². The van der Waals surface area contributed by atoms with Gasteiger partial charge in [0.25, 0.3) is 5.69 Å². The Hall–Kier alpha value is -2.71. The summed E-state index contributed by atoms with van der Waals surface area (Å²) in [5.41, 5.74) is 4.47. The number of hydrogen-bond acceptors (Lipinski definition) is 5. The molecular weight excluding hydrogens is 340 g/mol. The second-order valence-corrected chi connectivity index (χ2v) is 6.12. The van der Waals surface area contributed by atoms with Crippen LogP contribution >= 0.6 is 12.2 Å². The number of non-ortho nitro benzene ring substituents is 1. The predicted molar refractivity (Wildman–Crippen MR) is 99.4 cm³/mol. The molecule has 1 aliphatic rings. The van der Waals surface area contributed by atoms with Crippen LogP contribution in [-0.2, 0) is 5.66 Å². The van der Waals surface area contributed by atoms with Crippen molar-refractivity contribution in [1.82, 2.24) is 10.7 Å². The molecule has 0 radical (unpaired) electrons. The minimum absolute atomic E-state index is 0.0381. The van der Waals surface area contributed by atoms with Crippen LogP contribution in [0.2, 0.25) is 0 Å². The Morgan fingerprint density at radius 2 is 1.84 bits per heavy atom. The molecule has 25 heavy (non-hydrogen) atoms. The second-order valence-electron chi connectivity index (χ2n) is 5.73. The largest absolute Gasteiger partial charge is 0.494 e. The van der Waals surface area contributed by atoms with Gasteiger partial charge in [-0.05, 0) is 55.9 Å². The maximum Gasteiger partial charge on any atom is 0.269 e. The van der Waals surface area contributed by atoms with Gasteiger partial charge in [-0.15, -0.1) is 0 Å². The Balaban J connectivity index is 1.81. The lowest BCUT2D eigenvalue weighted by Gasteiger charge is -2.26. The normalized spacial score (nSPS) is 19.6. The molecule has 1 fully saturated rings. The molecule has 1 aliphatic heterocycles. The first-order chi connectivity index (χ1) is 11.9. The van der Waals surface area contributed by atoms with E-state index in [1.807, 2.05) is 38.1 Å². The number of hydrogen-bond donors (Lipinski definition) is 2. The zero-order valence-electron chi connectivity index (χ0n) is 13.9. The van der Waals surface area contributed by atoms with Crippen LogP contribution in [-0.4, -0.2) is 16.6 Å². The quantitative estimate of drug-likeness (QED) is 0.483. The van der Waals surface area contributed by atoms with Crippen molar-refractivity contribution in [2.75, 3.05) is 11.6 Å². The third-order valence-electron chi connectivity index (χ3n) is 3.96. The molecule has 1 heterocycles. The molecule has 7 nitrogen and oxygen atoms in total. The minimum atomic E-state index is -0.594. The molecule has 2 aromatic rings. The van der Waals surface area contributed by atoms with Crippen molar-refractivity contribution < 1.29 is 9.66 Å². The van der Waals surface area contributed by atoms with Crippen LogP contribution in [0.5, 0.6) is 5.75 Å². The summed E-state index contributed by atoms with van der Waals surface area (Å²) in [7, 11) is 0. The standard InChI is InChI=1S/C17H18N4O3S/c1-3-24-15-10-4-12(5-11-15)17(2)18-16(25)20(19-17)13-6-8-14(9-7-13)21(22)23/h4-11,19H,3H2,1-2H3,(H,18,25). The zero-order chi connectivity index (χ0) is 18.0. The first-order valence-corrected chi connectivity index (χ1v) is 8.21. The third-order valence-corrected chi connectivity index (χ3v) is 4.24. The first kappa shape index (κ1) is 17.1. The molecule has 1 saturated heterocycles. The summed E-state index contributed by atoms with van der Waals surface area (Å²) in [5, 5.41) is 16.2. The Labute approximate surface area is 150 Å². The Kier molecular flexibility index (Phi) is 4.56. The number of nitro groups is 1. The number of thiocarbonyl (C=S) groups is 1. The van der Waals surface area contributed by atoms with E-state index in [2.05, 4.69) is 10.7 Å². The van der Waals surface area contributed by atoms with Gasteiger partial charge in [-0.2, -0.15) is 5.43 Å². The zero-order valence-corrected chi connectivity index (χ0v) is 14.7. The summed E-state index contributed by atoms with van der Waals surface area (Å²) < 4.78 is 5.47. The van der Waals surface area contributed by atoms with Crippen LogP contribution in [0.25, 0.3) is 0 Å². The molecule has 0 aliphatic carbocycles. The average molecular weight is 358 g/mol. The molecule has 0 bridgehead atoms. The predicted octanol–water partition coefficient (Wildman–Crippen LogP) is 3.07. The lowest BCUT2D eigenvalue weighted by Crippen LogP contribution is -2.45. The Morgan fingerprint density at radius 1 is 1.20 bits per heavy atom. The Bertz CT molecular complexity index is 795. The number of rotatable bonds is 5. The van der Waals surface area contributed by atoms with Gasteiger partial charge in [0.1, 0.15) is 11.4 Å². The summed E-state index contributed by atoms with van der Waals surface area (Å²) in [6.07, 6.45) is 0. The molecule has 130 valence electrons. The van der Waals surface area contributed by atoms with Crippen LogP contribution in [0.4, 0.5) is 11.4 Å². The van der Waals surface area contributed by atoms with E-state index in [9.17, 15) is 10.1 Å². The summed E-state index contributed by atoms with van der Waals surface area (Å²) in [4.78, 5) is 10.4. The summed E-state index contributed by atoms with van der Waals surface area (Å²) in [5.74, 6) is 0.808. The second kappa shape index (κ2) is 6.66. The molecule has 3 rings (SSSR count). The highest BCUT2D eigenvalue weighted by Crippen LogP contribution is 2.28. The highest BCUT2D eigenvalue weighted by atomic mass is 32.1. The van der Waals surface area contributed by atoms with Crippen molar-refractivity contribution in [2.45, 2.75) is 19.5 Å². The number of hydrazine groups is 1. The van der Waals surface area contributed by atoms with E-state index in [1.54, 1.807) is 17.1 Å². The third kappa shape index (κ3) is 3.40. The van der Waals surface area contributed by atoms with Crippen molar-refractivity contribution in [1.29, 1.82) is 0 Å². The number of ether oxygens (including phenoxy) is 1. The number of benzene rings is 2. The fourth-order valence-corrected chi connectivity index (χ4v) is 3.02. The van der Waals surface area contributed by atoms with Crippen LogP contribution in [0.1, 0.15) is 19.4 Å². The maximum absolute atomic E-state index is 10.8. The van der Waals surface area contributed by atoms with Gasteiger partial charge >= 0.3 is 0 Å². The number of nitrogens with zero attached hydrogens (tertiary/aromatic N) is 2. The van der Waals surface area contributed by atoms with E-state index in [0.29, 0.717) is 11.7 Å². The van der Waals surface area contributed by atoms with Gasteiger partial charge in [-0.25, -0.2) is 5.01 Å². The summed E-state index contributed by atoms with van der Waals surface area (Å²) in [6.45, 7) is 4.53.